The summed E-state index contributed by atoms with van der Waals surface area (Å²) in [7, 11) is 0. The van der Waals surface area contributed by atoms with Crippen LogP contribution in [0.1, 0.15) is 16.7 Å². The molecule has 1 fully saturated rings. The van der Waals surface area contributed by atoms with Gasteiger partial charge in [-0.15, -0.1) is 0 Å². The lowest BCUT2D eigenvalue weighted by Crippen LogP contribution is -2.35. The van der Waals surface area contributed by atoms with E-state index in [-0.39, 0.29) is 11.3 Å². The van der Waals surface area contributed by atoms with Gasteiger partial charge in [-0.05, 0) is 43.2 Å². The molecule has 2 aromatic rings. The van der Waals surface area contributed by atoms with Crippen molar-refractivity contribution in [2.24, 2.45) is 0 Å². The van der Waals surface area contributed by atoms with Gasteiger partial charge in [-0.1, -0.05) is 29.8 Å². The molecule has 3 rings (SSSR count). The molecule has 1 heterocycles. The minimum atomic E-state index is -0.588. The predicted octanol–water partition coefficient (Wildman–Crippen LogP) is 3.33. The maximum Gasteiger partial charge on any atom is 0.282 e. The Morgan fingerprint density at radius 2 is 1.81 bits per heavy atom. The second-order valence-corrected chi connectivity index (χ2v) is 6.28. The quantitative estimate of drug-likeness (QED) is 0.387. The van der Waals surface area contributed by atoms with E-state index in [0.29, 0.717) is 21.8 Å². The number of hydrogen-bond acceptors (Lipinski definition) is 4. The highest BCUT2D eigenvalue weighted by Crippen LogP contribution is 2.27. The van der Waals surface area contributed by atoms with Gasteiger partial charge in [0.05, 0.1) is 10.6 Å². The first kappa shape index (κ1) is 17.6. The lowest BCUT2D eigenvalue weighted by Gasteiger charge is -2.15. The minimum Gasteiger partial charge on any atom is -0.267 e. The summed E-state index contributed by atoms with van der Waals surface area (Å²) in [5, 5.41) is 12.6. The Kier molecular flexibility index (Phi) is 4.48. The first-order chi connectivity index (χ1) is 12.3. The zero-order valence-corrected chi connectivity index (χ0v) is 14.7. The number of hydrazine groups is 1. The molecule has 1 aliphatic heterocycles. The number of anilines is 1. The Bertz CT molecular complexity index is 984. The van der Waals surface area contributed by atoms with Crippen LogP contribution in [0.25, 0.3) is 6.08 Å². The monoisotopic (exact) mass is 371 g/mol. The van der Waals surface area contributed by atoms with Crippen molar-refractivity contribution in [2.75, 3.05) is 5.01 Å². The number of amides is 2. The SMILES string of the molecule is Cc1ccc(N2NC(=O)/C(=C\c3ccc(C)c([N+](=O)[O-])c3)C2=O)cc1Cl. The normalized spacial score (nSPS) is 15.5. The molecule has 7 nitrogen and oxygen atoms in total. The van der Waals surface area contributed by atoms with Gasteiger partial charge in [0, 0.05) is 16.7 Å². The molecule has 0 radical (unpaired) electrons. The van der Waals surface area contributed by atoms with Crippen molar-refractivity contribution < 1.29 is 14.5 Å². The number of nitrogens with one attached hydrogen (secondary N) is 1. The van der Waals surface area contributed by atoms with Crippen molar-refractivity contribution in [1.29, 1.82) is 0 Å². The molecule has 1 aliphatic rings. The predicted molar refractivity (Wildman–Crippen MR) is 97.6 cm³/mol. The number of carbonyl (C=O) groups excluding carboxylic acids is 2. The lowest BCUT2D eigenvalue weighted by molar-refractivity contribution is -0.385. The van der Waals surface area contributed by atoms with Crippen LogP contribution in [0.4, 0.5) is 11.4 Å². The van der Waals surface area contributed by atoms with Crippen LogP contribution in [-0.4, -0.2) is 16.7 Å². The van der Waals surface area contributed by atoms with Gasteiger partial charge >= 0.3 is 0 Å². The van der Waals surface area contributed by atoms with Crippen LogP contribution in [0.5, 0.6) is 0 Å². The third kappa shape index (κ3) is 3.16. The fraction of sp³-hybridized carbons (Fsp3) is 0.111. The van der Waals surface area contributed by atoms with E-state index in [1.807, 2.05) is 6.92 Å². The molecule has 0 aromatic heterocycles. The Hall–Kier alpha value is -3.19. The molecular formula is C18H14ClN3O4. The van der Waals surface area contributed by atoms with Crippen molar-refractivity contribution in [3.8, 4) is 0 Å². The van der Waals surface area contributed by atoms with Crippen molar-refractivity contribution in [1.82, 2.24) is 5.43 Å². The fourth-order valence-electron chi connectivity index (χ4n) is 2.54. The summed E-state index contributed by atoms with van der Waals surface area (Å²) in [6, 6.07) is 9.49. The zero-order chi connectivity index (χ0) is 19.0. The first-order valence-corrected chi connectivity index (χ1v) is 8.04. The molecule has 0 bridgehead atoms. The molecule has 2 amide bonds. The third-order valence-electron chi connectivity index (χ3n) is 4.05. The number of nitro benzene ring substituents is 1. The molecule has 0 unspecified atom stereocenters. The van der Waals surface area contributed by atoms with E-state index in [1.165, 1.54) is 12.1 Å². The van der Waals surface area contributed by atoms with Crippen molar-refractivity contribution >= 4 is 40.9 Å². The van der Waals surface area contributed by atoms with Crippen molar-refractivity contribution in [3.63, 3.8) is 0 Å². The molecule has 0 atom stereocenters. The Balaban J connectivity index is 1.96. The molecule has 0 saturated carbocycles. The van der Waals surface area contributed by atoms with Gasteiger partial charge in [-0.25, -0.2) is 5.01 Å². The Labute approximate surface area is 154 Å². The van der Waals surface area contributed by atoms with Crippen LogP contribution in [0.15, 0.2) is 42.0 Å². The van der Waals surface area contributed by atoms with E-state index in [9.17, 15) is 19.7 Å². The second-order valence-electron chi connectivity index (χ2n) is 5.88. The van der Waals surface area contributed by atoms with E-state index in [2.05, 4.69) is 5.43 Å². The lowest BCUT2D eigenvalue weighted by atomic mass is 10.1. The van der Waals surface area contributed by atoms with Crippen LogP contribution in [0.3, 0.4) is 0 Å². The third-order valence-corrected chi connectivity index (χ3v) is 4.45. The topological polar surface area (TPSA) is 92.6 Å². The molecule has 8 heteroatoms. The van der Waals surface area contributed by atoms with E-state index in [4.69, 9.17) is 11.6 Å². The summed E-state index contributed by atoms with van der Waals surface area (Å²) in [5.74, 6) is -1.15. The average molecular weight is 372 g/mol. The minimum absolute atomic E-state index is 0.0765. The zero-order valence-electron chi connectivity index (χ0n) is 13.9. The standard InChI is InChI=1S/C18H14ClN3O4/c1-10-4-6-13(9-15(10)19)21-18(24)14(17(23)20-21)7-12-5-3-11(2)16(8-12)22(25)26/h3-9H,1-2H3,(H,20,23)/b14-7+. The van der Waals surface area contributed by atoms with Gasteiger partial charge in [0.2, 0.25) is 0 Å². The van der Waals surface area contributed by atoms with Gasteiger partial charge in [0.1, 0.15) is 5.57 Å². The summed E-state index contributed by atoms with van der Waals surface area (Å²) < 4.78 is 0. The van der Waals surface area contributed by atoms with Crippen molar-refractivity contribution in [3.05, 3.63) is 73.8 Å². The van der Waals surface area contributed by atoms with E-state index in [0.717, 1.165) is 10.6 Å². The highest BCUT2D eigenvalue weighted by molar-refractivity contribution is 6.33. The Morgan fingerprint density at radius 1 is 1.12 bits per heavy atom. The van der Waals surface area contributed by atoms with Gasteiger partial charge in [-0.2, -0.15) is 0 Å². The summed E-state index contributed by atoms with van der Waals surface area (Å²) in [5.41, 5.74) is 4.44. The van der Waals surface area contributed by atoms with Crippen LogP contribution < -0.4 is 10.4 Å². The number of rotatable bonds is 3. The van der Waals surface area contributed by atoms with E-state index < -0.39 is 16.7 Å². The van der Waals surface area contributed by atoms with E-state index >= 15 is 0 Å². The summed E-state index contributed by atoms with van der Waals surface area (Å²) in [4.78, 5) is 35.4. The largest absolute Gasteiger partial charge is 0.282 e. The van der Waals surface area contributed by atoms with Crippen LogP contribution in [0.2, 0.25) is 5.02 Å². The number of benzene rings is 2. The average Bonchev–Trinajstić information content (AvgIpc) is 2.87. The highest BCUT2D eigenvalue weighted by Gasteiger charge is 2.34. The molecule has 1 N–H and O–H groups in total. The molecule has 0 aliphatic carbocycles. The number of aryl methyl sites for hydroxylation is 2. The number of carbonyl (C=O) groups is 2. The molecule has 0 spiro atoms. The fourth-order valence-corrected chi connectivity index (χ4v) is 2.71. The Morgan fingerprint density at radius 3 is 2.46 bits per heavy atom. The summed E-state index contributed by atoms with van der Waals surface area (Å²) in [6.07, 6.45) is 1.33. The highest BCUT2D eigenvalue weighted by atomic mass is 35.5. The number of halogens is 1. The number of hydrogen-bond donors (Lipinski definition) is 1. The molecule has 26 heavy (non-hydrogen) atoms. The van der Waals surface area contributed by atoms with Crippen LogP contribution in [0, 0.1) is 24.0 Å². The summed E-state index contributed by atoms with van der Waals surface area (Å²) in [6.45, 7) is 3.44. The van der Waals surface area contributed by atoms with Gasteiger partial charge in [0.25, 0.3) is 17.5 Å². The smallest absolute Gasteiger partial charge is 0.267 e. The number of nitrogens with zero attached hydrogens (tertiary/aromatic N) is 2. The van der Waals surface area contributed by atoms with Crippen molar-refractivity contribution in [2.45, 2.75) is 13.8 Å². The molecule has 1 saturated heterocycles. The van der Waals surface area contributed by atoms with Crippen LogP contribution >= 0.6 is 11.6 Å². The van der Waals surface area contributed by atoms with Crippen LogP contribution in [-0.2, 0) is 9.59 Å². The van der Waals surface area contributed by atoms with Gasteiger partial charge in [-0.3, -0.25) is 25.1 Å². The number of nitro groups is 1. The van der Waals surface area contributed by atoms with E-state index in [1.54, 1.807) is 37.3 Å². The second kappa shape index (κ2) is 6.61. The molecule has 2 aromatic carbocycles. The summed E-state index contributed by atoms with van der Waals surface area (Å²) >= 11 is 6.08. The van der Waals surface area contributed by atoms with Gasteiger partial charge < -0.3 is 0 Å². The van der Waals surface area contributed by atoms with Gasteiger partial charge in [0.15, 0.2) is 0 Å². The first-order valence-electron chi connectivity index (χ1n) is 7.66. The maximum atomic E-state index is 12.6. The maximum absolute atomic E-state index is 12.6. The molecule has 132 valence electrons. The molecular weight excluding hydrogens is 358 g/mol.